The van der Waals surface area contributed by atoms with Gasteiger partial charge in [0.25, 0.3) is 0 Å². The van der Waals surface area contributed by atoms with Crippen molar-refractivity contribution in [3.8, 4) is 0 Å². The van der Waals surface area contributed by atoms with Crippen LogP contribution in [-0.2, 0) is 27.4 Å². The molecule has 3 N–H and O–H groups in total. The first-order chi connectivity index (χ1) is 27.2. The molecular weight excluding hydrogens is 756 g/mol. The van der Waals surface area contributed by atoms with E-state index in [-0.39, 0.29) is 58.6 Å². The Labute approximate surface area is 334 Å². The molecule has 0 aliphatic carbocycles. The van der Waals surface area contributed by atoms with Crippen LogP contribution in [-0.4, -0.2) is 89.9 Å². The third-order valence-electron chi connectivity index (χ3n) is 7.66. The van der Waals surface area contributed by atoms with Gasteiger partial charge in [-0.25, -0.2) is 19.2 Å². The average molecular weight is 801 g/mol. The van der Waals surface area contributed by atoms with Crippen LogP contribution in [0.2, 0.25) is 0 Å². The van der Waals surface area contributed by atoms with Gasteiger partial charge >= 0.3 is 23.9 Å². The zero-order valence-electron chi connectivity index (χ0n) is 33.2. The summed E-state index contributed by atoms with van der Waals surface area (Å²) in [4.78, 5) is 99.3. The Morgan fingerprint density at radius 3 is 1.09 bits per heavy atom. The number of aryl methyl sites for hydroxylation is 1. The van der Waals surface area contributed by atoms with Gasteiger partial charge in [0.2, 0.25) is 0 Å². The highest BCUT2D eigenvalue weighted by atomic mass is 16.5. The van der Waals surface area contributed by atoms with E-state index in [1.165, 1.54) is 97.6 Å². The summed E-state index contributed by atoms with van der Waals surface area (Å²) in [7, 11) is 3.82. The second-order valence-corrected chi connectivity index (χ2v) is 12.2. The molecule has 306 valence electrons. The van der Waals surface area contributed by atoms with Gasteiger partial charge in [0.15, 0.2) is 23.1 Å². The van der Waals surface area contributed by atoms with Crippen molar-refractivity contribution in [3.63, 3.8) is 0 Å². The van der Waals surface area contributed by atoms with E-state index in [9.17, 15) is 43.2 Å². The lowest BCUT2D eigenvalue weighted by molar-refractivity contribution is 0.0591. The number of methoxy groups -OCH3 is 3. The highest BCUT2D eigenvalue weighted by molar-refractivity contribution is 6.01. The first-order valence-corrected chi connectivity index (χ1v) is 17.0. The summed E-state index contributed by atoms with van der Waals surface area (Å²) in [5.74, 6) is -3.26. The smallest absolute Gasteiger partial charge is 0.337 e. The minimum Gasteiger partial charge on any atom is -0.478 e. The lowest BCUT2D eigenvalue weighted by Gasteiger charge is -2.04. The number of carbonyl (C=O) groups excluding carboxylic acids is 8. The lowest BCUT2D eigenvalue weighted by Crippen LogP contribution is -2.05. The molecule has 0 radical (unpaired) electrons. The molecule has 4 rings (SSSR count). The molecule has 0 amide bonds. The first kappa shape index (κ1) is 49.0. The Balaban J connectivity index is 0.000000387. The summed E-state index contributed by atoms with van der Waals surface area (Å²) < 4.78 is 13.6. The lowest BCUT2D eigenvalue weighted by atomic mass is 10.0. The summed E-state index contributed by atoms with van der Waals surface area (Å²) >= 11 is 0. The van der Waals surface area contributed by atoms with Gasteiger partial charge in [-0.3, -0.25) is 24.0 Å². The summed E-state index contributed by atoms with van der Waals surface area (Å²) in [6, 6.07) is 17.8. The number of aromatic carboxylic acids is 1. The van der Waals surface area contributed by atoms with Crippen LogP contribution in [0, 0.1) is 6.92 Å². The van der Waals surface area contributed by atoms with E-state index in [0.29, 0.717) is 45.2 Å². The highest BCUT2D eigenvalue weighted by Gasteiger charge is 2.13. The number of benzene rings is 4. The number of aliphatic hydroxyl groups excluding tert-OH is 2. The average Bonchev–Trinajstić information content (AvgIpc) is 3.22. The van der Waals surface area contributed by atoms with Crippen LogP contribution >= 0.6 is 0 Å². The number of hydrogen-bond acceptors (Lipinski definition) is 14. The molecule has 4 aromatic carbocycles. The maximum Gasteiger partial charge on any atom is 0.337 e. The zero-order valence-corrected chi connectivity index (χ0v) is 33.2. The van der Waals surface area contributed by atoms with Gasteiger partial charge in [-0.15, -0.1) is 0 Å². The first-order valence-electron chi connectivity index (χ1n) is 17.0. The van der Waals surface area contributed by atoms with Crippen molar-refractivity contribution in [1.29, 1.82) is 0 Å². The molecule has 15 heteroatoms. The number of carbonyl (C=O) groups is 9. The number of aliphatic hydroxyl groups is 2. The fourth-order valence-electron chi connectivity index (χ4n) is 4.71. The zero-order chi connectivity index (χ0) is 44.3. The van der Waals surface area contributed by atoms with Gasteiger partial charge in [-0.1, -0.05) is 0 Å². The van der Waals surface area contributed by atoms with Crippen LogP contribution in [0.1, 0.15) is 138 Å². The summed E-state index contributed by atoms with van der Waals surface area (Å²) in [6.45, 7) is 6.92. The standard InChI is InChI=1S/C11H12O4.C11H10O4.C11H12O3.C10H10O4/c2*1-7(13)9-3-8(6-12)4-10(5-9)11(14)15-2;1-7-4-9(8(2)12)6-10(5-7)11(13)14-3;1-6(12)8-2-7(5-11)3-9(4-8)10(13)14/h3-5,12H,6H2,1-2H3;3-6H,1-2H3;4-6H,1-3H3;2-4,11H,5H2,1H3,(H,13,14). The molecule has 0 unspecified atom stereocenters. The van der Waals surface area contributed by atoms with Gasteiger partial charge in [0.1, 0.15) is 6.29 Å². The third-order valence-corrected chi connectivity index (χ3v) is 7.66. The van der Waals surface area contributed by atoms with Crippen molar-refractivity contribution < 1.29 is 72.7 Å². The maximum absolute atomic E-state index is 11.2. The molecule has 0 aromatic heterocycles. The van der Waals surface area contributed by atoms with E-state index in [4.69, 9.17) is 15.3 Å². The normalized spacial score (nSPS) is 9.69. The van der Waals surface area contributed by atoms with Gasteiger partial charge < -0.3 is 29.5 Å². The molecule has 4 aromatic rings. The molecule has 0 aliphatic heterocycles. The van der Waals surface area contributed by atoms with Crippen molar-refractivity contribution >= 4 is 53.3 Å². The molecule has 0 saturated carbocycles. The third kappa shape index (κ3) is 15.6. The predicted molar refractivity (Wildman–Crippen MR) is 209 cm³/mol. The Morgan fingerprint density at radius 2 is 0.741 bits per heavy atom. The molecule has 0 aliphatic rings. The molecule has 0 heterocycles. The van der Waals surface area contributed by atoms with Crippen molar-refractivity contribution in [2.45, 2.75) is 47.8 Å². The second kappa shape index (κ2) is 23.8. The summed E-state index contributed by atoms with van der Waals surface area (Å²) in [5.41, 5.74) is 4.54. The number of Topliss-reactive ketones (excluding diaryl/α,β-unsaturated/α-hetero) is 4. The quantitative estimate of drug-likeness (QED) is 0.0711. The SMILES string of the molecule is CC(=O)c1cc(CO)cc(C(=O)O)c1.COC(=O)c1cc(C)cc(C(C)=O)c1.COC(=O)c1cc(C=O)cc(C(C)=O)c1.COC(=O)c1cc(CO)cc(C(C)=O)c1. The number of aldehydes is 1. The highest BCUT2D eigenvalue weighted by Crippen LogP contribution is 2.15. The van der Waals surface area contributed by atoms with E-state index in [1.54, 1.807) is 24.3 Å². The molecule has 15 nitrogen and oxygen atoms in total. The topological polar surface area (TPSA) is 242 Å². The van der Waals surface area contributed by atoms with Crippen molar-refractivity contribution in [2.24, 2.45) is 0 Å². The number of hydrogen-bond donors (Lipinski definition) is 3. The summed E-state index contributed by atoms with van der Waals surface area (Å²) in [5, 5.41) is 26.5. The number of carboxylic acids is 1. The largest absolute Gasteiger partial charge is 0.478 e. The van der Waals surface area contributed by atoms with E-state index in [1.807, 2.05) is 6.92 Å². The van der Waals surface area contributed by atoms with Gasteiger partial charge in [0.05, 0.1) is 56.8 Å². The van der Waals surface area contributed by atoms with Crippen molar-refractivity contribution in [3.05, 3.63) is 140 Å². The van der Waals surface area contributed by atoms with Crippen LogP contribution in [0.15, 0.2) is 72.8 Å². The Hall–Kier alpha value is -6.97. The van der Waals surface area contributed by atoms with E-state index >= 15 is 0 Å². The number of rotatable bonds is 11. The van der Waals surface area contributed by atoms with Crippen LogP contribution < -0.4 is 0 Å². The molecule has 0 atom stereocenters. The fraction of sp³-hybridized carbons (Fsp3) is 0.233. The van der Waals surface area contributed by atoms with Gasteiger partial charge in [0, 0.05) is 27.8 Å². The maximum atomic E-state index is 11.2. The van der Waals surface area contributed by atoms with Gasteiger partial charge in [-0.05, 0) is 124 Å². The second-order valence-electron chi connectivity index (χ2n) is 12.2. The number of ketones is 4. The van der Waals surface area contributed by atoms with Crippen molar-refractivity contribution in [2.75, 3.05) is 21.3 Å². The van der Waals surface area contributed by atoms with E-state index in [0.717, 1.165) is 5.56 Å². The number of carboxylic acid groups (broad SMARTS) is 1. The molecule has 0 bridgehead atoms. The predicted octanol–water partition coefficient (Wildman–Crippen LogP) is 5.72. The van der Waals surface area contributed by atoms with Crippen molar-refractivity contribution in [1.82, 2.24) is 0 Å². The van der Waals surface area contributed by atoms with Crippen LogP contribution in [0.3, 0.4) is 0 Å². The van der Waals surface area contributed by atoms with E-state index < -0.39 is 23.9 Å². The molecule has 58 heavy (non-hydrogen) atoms. The molecule has 0 spiro atoms. The van der Waals surface area contributed by atoms with Crippen LogP contribution in [0.25, 0.3) is 0 Å². The minimum atomic E-state index is -1.11. The Kier molecular flexibility index (Phi) is 20.2. The van der Waals surface area contributed by atoms with Crippen LogP contribution in [0.4, 0.5) is 0 Å². The minimum absolute atomic E-state index is 0.0155. The molecule has 0 fully saturated rings. The molecular formula is C43H44O15. The number of ether oxygens (including phenoxy) is 3. The van der Waals surface area contributed by atoms with Crippen LogP contribution in [0.5, 0.6) is 0 Å². The monoisotopic (exact) mass is 800 g/mol. The fourth-order valence-corrected chi connectivity index (χ4v) is 4.71. The van der Waals surface area contributed by atoms with Gasteiger partial charge in [-0.2, -0.15) is 0 Å². The molecule has 0 saturated heterocycles. The Morgan fingerprint density at radius 1 is 0.466 bits per heavy atom. The van der Waals surface area contributed by atoms with E-state index in [2.05, 4.69) is 14.2 Å². The summed E-state index contributed by atoms with van der Waals surface area (Å²) in [6.07, 6.45) is 0.582. The Bertz CT molecular complexity index is 2170. The number of esters is 3.